The minimum Gasteiger partial charge on any atom is -0.478 e. The number of halogens is 3. The number of rotatable bonds is 3. The highest BCUT2D eigenvalue weighted by Crippen LogP contribution is 2.32. The Hall–Kier alpha value is -1.50. The van der Waals surface area contributed by atoms with Gasteiger partial charge in [-0.15, -0.1) is 0 Å². The van der Waals surface area contributed by atoms with E-state index < -0.39 is 11.9 Å². The number of hydrogen-bond acceptors (Lipinski definition) is 3. The molecule has 0 atom stereocenters. The average Bonchev–Trinajstić information content (AvgIpc) is 2.80. The highest BCUT2D eigenvalue weighted by atomic mass is 79.9. The number of carboxylic acid groups (broad SMARTS) is 1. The Bertz CT molecular complexity index is 676. The Balaban J connectivity index is 2.30. The first-order valence-electron chi connectivity index (χ1n) is 5.17. The van der Waals surface area contributed by atoms with Gasteiger partial charge in [0, 0.05) is 0 Å². The van der Waals surface area contributed by atoms with Crippen LogP contribution in [0.15, 0.2) is 33.4 Å². The number of benzene rings is 1. The lowest BCUT2D eigenvalue weighted by Gasteiger charge is -2.09. The number of carboxylic acids is 1. The lowest BCUT2D eigenvalue weighted by atomic mass is 10.2. The van der Waals surface area contributed by atoms with Crippen LogP contribution in [-0.2, 0) is 0 Å². The summed E-state index contributed by atoms with van der Waals surface area (Å²) in [7, 11) is 0. The van der Waals surface area contributed by atoms with Crippen molar-refractivity contribution in [2.45, 2.75) is 0 Å². The van der Waals surface area contributed by atoms with E-state index in [0.717, 1.165) is 0 Å². The maximum absolute atomic E-state index is 11.9. The Kier molecular flexibility index (Phi) is 4.37. The zero-order valence-electron chi connectivity index (χ0n) is 9.62. The van der Waals surface area contributed by atoms with Crippen LogP contribution in [0.4, 0.5) is 5.69 Å². The van der Waals surface area contributed by atoms with Gasteiger partial charge in [0.25, 0.3) is 5.91 Å². The third kappa shape index (κ3) is 3.15. The summed E-state index contributed by atoms with van der Waals surface area (Å²) < 4.78 is 5.49. The molecule has 2 aromatic rings. The lowest BCUT2D eigenvalue weighted by Crippen LogP contribution is -2.12. The number of nitrogens with one attached hydrogen (secondary N) is 1. The van der Waals surface area contributed by atoms with E-state index in [2.05, 4.69) is 21.2 Å². The molecule has 0 unspecified atom stereocenters. The van der Waals surface area contributed by atoms with E-state index in [0.29, 0.717) is 4.67 Å². The van der Waals surface area contributed by atoms with Gasteiger partial charge in [-0.3, -0.25) is 4.79 Å². The largest absolute Gasteiger partial charge is 0.478 e. The molecule has 0 fully saturated rings. The standard InChI is InChI=1S/C12H6BrCl2NO4/c13-9-2-1-8(20-9)11(17)16-10-6(14)3-5(12(18)19)4-7(10)15/h1-4H,(H,16,17)(H,18,19). The molecule has 104 valence electrons. The van der Waals surface area contributed by atoms with Crippen LogP contribution in [0.5, 0.6) is 0 Å². The summed E-state index contributed by atoms with van der Waals surface area (Å²) in [6.45, 7) is 0. The maximum Gasteiger partial charge on any atom is 0.335 e. The monoisotopic (exact) mass is 377 g/mol. The highest BCUT2D eigenvalue weighted by Gasteiger charge is 2.17. The summed E-state index contributed by atoms with van der Waals surface area (Å²) in [5.74, 6) is -1.66. The first kappa shape index (κ1) is 14.9. The fourth-order valence-electron chi connectivity index (χ4n) is 1.43. The van der Waals surface area contributed by atoms with Crippen LogP contribution in [0.3, 0.4) is 0 Å². The molecule has 0 aliphatic carbocycles. The molecule has 0 saturated heterocycles. The van der Waals surface area contributed by atoms with Crippen molar-refractivity contribution in [1.29, 1.82) is 0 Å². The molecule has 20 heavy (non-hydrogen) atoms. The van der Waals surface area contributed by atoms with Crippen LogP contribution in [-0.4, -0.2) is 17.0 Å². The normalized spacial score (nSPS) is 10.3. The van der Waals surface area contributed by atoms with Crippen LogP contribution in [0, 0.1) is 0 Å². The van der Waals surface area contributed by atoms with Crippen molar-refractivity contribution >= 4 is 56.7 Å². The second-order valence-electron chi connectivity index (χ2n) is 3.68. The van der Waals surface area contributed by atoms with E-state index in [9.17, 15) is 9.59 Å². The lowest BCUT2D eigenvalue weighted by molar-refractivity contribution is 0.0696. The molecule has 1 amide bonds. The van der Waals surface area contributed by atoms with Crippen molar-refractivity contribution in [3.05, 3.63) is 50.3 Å². The minimum atomic E-state index is -1.17. The molecule has 0 spiro atoms. The van der Waals surface area contributed by atoms with Crippen molar-refractivity contribution < 1.29 is 19.1 Å². The molecule has 0 aliphatic heterocycles. The third-order valence-electron chi connectivity index (χ3n) is 2.32. The van der Waals surface area contributed by atoms with Gasteiger partial charge in [-0.2, -0.15) is 0 Å². The number of carbonyl (C=O) groups excluding carboxylic acids is 1. The van der Waals surface area contributed by atoms with Crippen molar-refractivity contribution in [3.8, 4) is 0 Å². The quantitative estimate of drug-likeness (QED) is 0.834. The molecule has 1 aromatic heterocycles. The first-order valence-corrected chi connectivity index (χ1v) is 6.72. The Morgan fingerprint density at radius 1 is 1.20 bits per heavy atom. The number of carbonyl (C=O) groups is 2. The first-order chi connectivity index (χ1) is 9.38. The molecule has 2 N–H and O–H groups in total. The van der Waals surface area contributed by atoms with Gasteiger partial charge < -0.3 is 14.8 Å². The van der Waals surface area contributed by atoms with E-state index in [-0.39, 0.29) is 27.1 Å². The van der Waals surface area contributed by atoms with Gasteiger partial charge in [-0.05, 0) is 40.2 Å². The van der Waals surface area contributed by atoms with Gasteiger partial charge in [-0.1, -0.05) is 23.2 Å². The molecule has 8 heteroatoms. The van der Waals surface area contributed by atoms with Gasteiger partial charge >= 0.3 is 5.97 Å². The smallest absolute Gasteiger partial charge is 0.335 e. The summed E-state index contributed by atoms with van der Waals surface area (Å²) in [6, 6.07) is 5.42. The van der Waals surface area contributed by atoms with Gasteiger partial charge in [0.1, 0.15) is 0 Å². The molecule has 5 nitrogen and oxygen atoms in total. The molecule has 1 aromatic carbocycles. The Labute approximate surface area is 131 Å². The van der Waals surface area contributed by atoms with Crippen molar-refractivity contribution in [1.82, 2.24) is 0 Å². The van der Waals surface area contributed by atoms with E-state index in [4.69, 9.17) is 32.7 Å². The summed E-state index contributed by atoms with van der Waals surface area (Å²) in [6.07, 6.45) is 0. The topological polar surface area (TPSA) is 79.5 Å². The molecular weight excluding hydrogens is 373 g/mol. The molecule has 2 rings (SSSR count). The Morgan fingerprint density at radius 3 is 2.25 bits per heavy atom. The van der Waals surface area contributed by atoms with E-state index in [1.807, 2.05) is 0 Å². The molecule has 0 aliphatic rings. The second-order valence-corrected chi connectivity index (χ2v) is 5.27. The summed E-state index contributed by atoms with van der Waals surface area (Å²) in [5.41, 5.74) is 0.0506. The van der Waals surface area contributed by atoms with Crippen molar-refractivity contribution in [2.24, 2.45) is 0 Å². The van der Waals surface area contributed by atoms with Crippen molar-refractivity contribution in [2.75, 3.05) is 5.32 Å². The van der Waals surface area contributed by atoms with Gasteiger partial charge in [0.15, 0.2) is 10.4 Å². The maximum atomic E-state index is 11.9. The molecular formula is C12H6BrCl2NO4. The van der Waals surface area contributed by atoms with Crippen LogP contribution in [0.1, 0.15) is 20.9 Å². The second kappa shape index (κ2) is 5.87. The number of furan rings is 1. The number of aromatic carboxylic acids is 1. The number of hydrogen-bond donors (Lipinski definition) is 2. The fourth-order valence-corrected chi connectivity index (χ4v) is 2.32. The van der Waals surface area contributed by atoms with Crippen LogP contribution < -0.4 is 5.32 Å². The Morgan fingerprint density at radius 2 is 1.80 bits per heavy atom. The third-order valence-corrected chi connectivity index (χ3v) is 3.35. The number of anilines is 1. The van der Waals surface area contributed by atoms with Crippen LogP contribution >= 0.6 is 39.1 Å². The summed E-state index contributed by atoms with van der Waals surface area (Å²) >= 11 is 14.9. The molecule has 0 saturated carbocycles. The van der Waals surface area contributed by atoms with E-state index in [1.165, 1.54) is 18.2 Å². The van der Waals surface area contributed by atoms with E-state index >= 15 is 0 Å². The van der Waals surface area contributed by atoms with E-state index in [1.54, 1.807) is 6.07 Å². The fraction of sp³-hybridized carbons (Fsp3) is 0. The van der Waals surface area contributed by atoms with Gasteiger partial charge in [0.05, 0.1) is 21.3 Å². The molecule has 0 radical (unpaired) electrons. The molecule has 0 bridgehead atoms. The van der Waals surface area contributed by atoms with Gasteiger partial charge in [-0.25, -0.2) is 4.79 Å². The average molecular weight is 379 g/mol. The minimum absolute atomic E-state index is 0.0221. The predicted octanol–water partition coefficient (Wildman–Crippen LogP) is 4.30. The van der Waals surface area contributed by atoms with Gasteiger partial charge in [0.2, 0.25) is 0 Å². The zero-order chi connectivity index (χ0) is 14.9. The van der Waals surface area contributed by atoms with Crippen LogP contribution in [0.25, 0.3) is 0 Å². The molecule has 1 heterocycles. The van der Waals surface area contributed by atoms with Crippen LogP contribution in [0.2, 0.25) is 10.0 Å². The van der Waals surface area contributed by atoms with Crippen molar-refractivity contribution in [3.63, 3.8) is 0 Å². The number of amides is 1. The summed E-state index contributed by atoms with van der Waals surface area (Å²) in [5, 5.41) is 11.4. The summed E-state index contributed by atoms with van der Waals surface area (Å²) in [4.78, 5) is 22.7. The zero-order valence-corrected chi connectivity index (χ0v) is 12.7. The highest BCUT2D eigenvalue weighted by molar-refractivity contribution is 9.10. The predicted molar refractivity (Wildman–Crippen MR) is 77.8 cm³/mol. The SMILES string of the molecule is O=C(O)c1cc(Cl)c(NC(=O)c2ccc(Br)o2)c(Cl)c1.